The Morgan fingerprint density at radius 3 is 2.81 bits per heavy atom. The quantitative estimate of drug-likeness (QED) is 0.602. The molecular weight excluding hydrogens is 399 g/mol. The molecule has 3 aromatic rings. The first kappa shape index (κ1) is 18.2. The third kappa shape index (κ3) is 3.79. The lowest BCUT2D eigenvalue weighted by Gasteiger charge is -2.18. The summed E-state index contributed by atoms with van der Waals surface area (Å²) >= 11 is 3.10. The molecule has 4 rings (SSSR count). The van der Waals surface area contributed by atoms with Crippen molar-refractivity contribution in [2.75, 3.05) is 24.2 Å². The molecule has 4 heterocycles. The van der Waals surface area contributed by atoms with E-state index in [0.29, 0.717) is 12.2 Å². The van der Waals surface area contributed by atoms with Gasteiger partial charge < -0.3 is 9.64 Å². The van der Waals surface area contributed by atoms with Crippen LogP contribution in [-0.4, -0.2) is 45.4 Å². The Balaban J connectivity index is 1.47. The van der Waals surface area contributed by atoms with Crippen LogP contribution in [0, 0.1) is 0 Å². The number of alkyl halides is 3. The summed E-state index contributed by atoms with van der Waals surface area (Å²) in [6, 6.07) is 2.23. The maximum Gasteiger partial charge on any atom is 0.417 e. The summed E-state index contributed by atoms with van der Waals surface area (Å²) in [6.07, 6.45) is 0.388. The largest absolute Gasteiger partial charge is 0.472 e. The molecule has 3 aromatic heterocycles. The summed E-state index contributed by atoms with van der Waals surface area (Å²) in [5.41, 5.74) is -0.121. The van der Waals surface area contributed by atoms with Gasteiger partial charge in [0.15, 0.2) is 15.8 Å². The average molecular weight is 413 g/mol. The molecule has 0 spiro atoms. The lowest BCUT2D eigenvalue weighted by atomic mass is 10.3. The minimum absolute atomic E-state index is 0.174. The number of anilines is 1. The Kier molecular flexibility index (Phi) is 4.81. The molecule has 1 aliphatic rings. The van der Waals surface area contributed by atoms with Gasteiger partial charge in [-0.2, -0.15) is 13.2 Å². The summed E-state index contributed by atoms with van der Waals surface area (Å²) < 4.78 is 45.4. The number of aromatic nitrogens is 4. The molecule has 0 amide bonds. The molecule has 27 heavy (non-hydrogen) atoms. The number of halogens is 3. The molecule has 1 fully saturated rings. The molecule has 0 saturated carbocycles. The van der Waals surface area contributed by atoms with Crippen molar-refractivity contribution in [3.05, 3.63) is 30.2 Å². The molecule has 142 valence electrons. The van der Waals surface area contributed by atoms with Gasteiger partial charge in [-0.05, 0) is 12.3 Å². The van der Waals surface area contributed by atoms with Crippen molar-refractivity contribution < 1.29 is 17.9 Å². The maximum atomic E-state index is 12.6. The van der Waals surface area contributed by atoms with Crippen LogP contribution in [0.1, 0.15) is 12.0 Å². The van der Waals surface area contributed by atoms with Crippen molar-refractivity contribution in [3.8, 4) is 5.88 Å². The molecule has 0 aromatic carbocycles. The van der Waals surface area contributed by atoms with E-state index in [9.17, 15) is 13.2 Å². The van der Waals surface area contributed by atoms with Crippen LogP contribution >= 0.6 is 23.1 Å². The Hall–Kier alpha value is -2.14. The summed E-state index contributed by atoms with van der Waals surface area (Å²) in [7, 11) is 0. The Labute approximate surface area is 160 Å². The van der Waals surface area contributed by atoms with Crippen LogP contribution in [0.4, 0.5) is 19.0 Å². The van der Waals surface area contributed by atoms with Crippen LogP contribution in [-0.2, 0) is 6.18 Å². The summed E-state index contributed by atoms with van der Waals surface area (Å²) in [4.78, 5) is 18.9. The second-order valence-electron chi connectivity index (χ2n) is 5.89. The van der Waals surface area contributed by atoms with Crippen molar-refractivity contribution in [1.29, 1.82) is 0 Å². The first-order valence-electron chi connectivity index (χ1n) is 8.04. The molecule has 1 unspecified atom stereocenters. The van der Waals surface area contributed by atoms with Crippen LogP contribution in [0.5, 0.6) is 5.88 Å². The van der Waals surface area contributed by atoms with E-state index < -0.39 is 11.7 Å². The molecule has 1 aliphatic heterocycles. The number of hydrogen-bond donors (Lipinski definition) is 0. The molecule has 6 nitrogen and oxygen atoms in total. The molecule has 1 atom stereocenters. The van der Waals surface area contributed by atoms with Crippen LogP contribution in [0.3, 0.4) is 0 Å². The van der Waals surface area contributed by atoms with Gasteiger partial charge in [-0.3, -0.25) is 0 Å². The van der Waals surface area contributed by atoms with Gasteiger partial charge in [0, 0.05) is 25.2 Å². The standard InChI is InChI=1S/C16H14F3N5OS2/c1-26-15-23-13-12(27-15)14(22-8-21-13)24-5-4-10(7-24)25-11-3-2-9(6-20-11)16(17,18)19/h2-3,6,8,10H,4-5,7H2,1H3. The van der Waals surface area contributed by atoms with Crippen LogP contribution in [0.2, 0.25) is 0 Å². The van der Waals surface area contributed by atoms with Crippen LogP contribution < -0.4 is 9.64 Å². The van der Waals surface area contributed by atoms with Gasteiger partial charge in [-0.15, -0.1) is 11.3 Å². The third-order valence-electron chi connectivity index (χ3n) is 4.12. The van der Waals surface area contributed by atoms with Crippen molar-refractivity contribution in [2.24, 2.45) is 0 Å². The van der Waals surface area contributed by atoms with E-state index in [1.165, 1.54) is 12.4 Å². The fourth-order valence-electron chi connectivity index (χ4n) is 2.84. The van der Waals surface area contributed by atoms with Gasteiger partial charge in [-0.25, -0.2) is 19.9 Å². The van der Waals surface area contributed by atoms with Crippen molar-refractivity contribution in [3.63, 3.8) is 0 Å². The zero-order valence-corrected chi connectivity index (χ0v) is 15.7. The number of pyridine rings is 1. The Bertz CT molecular complexity index is 947. The van der Waals surface area contributed by atoms with Gasteiger partial charge in [0.2, 0.25) is 5.88 Å². The van der Waals surface area contributed by atoms with Gasteiger partial charge >= 0.3 is 6.18 Å². The van der Waals surface area contributed by atoms with Crippen LogP contribution in [0.25, 0.3) is 10.3 Å². The maximum absolute atomic E-state index is 12.6. The highest BCUT2D eigenvalue weighted by Gasteiger charge is 2.31. The number of rotatable bonds is 4. The molecule has 11 heteroatoms. The predicted octanol–water partition coefficient (Wildman–Crippen LogP) is 3.88. The van der Waals surface area contributed by atoms with Crippen LogP contribution in [0.15, 0.2) is 29.0 Å². The monoisotopic (exact) mass is 413 g/mol. The van der Waals surface area contributed by atoms with Crippen molar-refractivity contribution >= 4 is 39.3 Å². The van der Waals surface area contributed by atoms with Gasteiger partial charge in [-0.1, -0.05) is 11.8 Å². The second kappa shape index (κ2) is 7.12. The van der Waals surface area contributed by atoms with Crippen molar-refractivity contribution in [1.82, 2.24) is 19.9 Å². The number of fused-ring (bicyclic) bond motifs is 1. The Morgan fingerprint density at radius 1 is 1.26 bits per heavy atom. The number of nitrogens with zero attached hydrogens (tertiary/aromatic N) is 5. The molecule has 0 bridgehead atoms. The number of thioether (sulfide) groups is 1. The van der Waals surface area contributed by atoms with E-state index in [1.807, 2.05) is 6.26 Å². The minimum atomic E-state index is -4.40. The van der Waals surface area contributed by atoms with E-state index in [0.717, 1.165) is 40.1 Å². The molecular formula is C16H14F3N5OS2. The second-order valence-corrected chi connectivity index (χ2v) is 7.94. The molecule has 0 aliphatic carbocycles. The lowest BCUT2D eigenvalue weighted by molar-refractivity contribution is -0.137. The summed E-state index contributed by atoms with van der Waals surface area (Å²) in [5.74, 6) is 0.995. The SMILES string of the molecule is CSc1nc2ncnc(N3CCC(Oc4ccc(C(F)(F)F)cn4)C3)c2s1. The number of thiazole rings is 1. The molecule has 0 radical (unpaired) electrons. The van der Waals surface area contributed by atoms with Gasteiger partial charge in [0.05, 0.1) is 12.1 Å². The average Bonchev–Trinajstić information content (AvgIpc) is 3.27. The fraction of sp³-hybridized carbons (Fsp3) is 0.375. The zero-order valence-electron chi connectivity index (χ0n) is 14.1. The smallest absolute Gasteiger partial charge is 0.417 e. The first-order chi connectivity index (χ1) is 12.9. The first-order valence-corrected chi connectivity index (χ1v) is 10.1. The summed E-state index contributed by atoms with van der Waals surface area (Å²) in [5, 5.41) is 0. The normalized spacial score (nSPS) is 17.6. The fourth-order valence-corrected chi connectivity index (χ4v) is 4.37. The number of hydrogen-bond acceptors (Lipinski definition) is 8. The van der Waals surface area contributed by atoms with Gasteiger partial charge in [0.1, 0.15) is 17.1 Å². The van der Waals surface area contributed by atoms with E-state index in [1.54, 1.807) is 23.1 Å². The highest BCUT2D eigenvalue weighted by Crippen LogP contribution is 2.34. The zero-order chi connectivity index (χ0) is 19.0. The van der Waals surface area contributed by atoms with E-state index in [-0.39, 0.29) is 12.0 Å². The highest BCUT2D eigenvalue weighted by atomic mass is 32.2. The topological polar surface area (TPSA) is 64.0 Å². The summed E-state index contributed by atoms with van der Waals surface area (Å²) in [6.45, 7) is 1.30. The van der Waals surface area contributed by atoms with Gasteiger partial charge in [0.25, 0.3) is 0 Å². The highest BCUT2D eigenvalue weighted by molar-refractivity contribution is 8.00. The molecule has 1 saturated heterocycles. The van der Waals surface area contributed by atoms with E-state index in [2.05, 4.69) is 24.8 Å². The third-order valence-corrected chi connectivity index (χ3v) is 6.15. The lowest BCUT2D eigenvalue weighted by Crippen LogP contribution is -2.25. The predicted molar refractivity (Wildman–Crippen MR) is 97.5 cm³/mol. The minimum Gasteiger partial charge on any atom is -0.472 e. The molecule has 0 N–H and O–H groups in total. The van der Waals surface area contributed by atoms with Crippen molar-refractivity contribution in [2.45, 2.75) is 23.0 Å². The van der Waals surface area contributed by atoms with E-state index >= 15 is 0 Å². The van der Waals surface area contributed by atoms with E-state index in [4.69, 9.17) is 4.74 Å². The Morgan fingerprint density at radius 2 is 2.11 bits per heavy atom. The number of ether oxygens (including phenoxy) is 1.